The fraction of sp³-hybridized carbons (Fsp3) is 0.432. The van der Waals surface area contributed by atoms with Crippen molar-refractivity contribution in [2.24, 2.45) is 4.99 Å². The third-order valence-electron chi connectivity index (χ3n) is 9.59. The maximum atomic E-state index is 6.59. The van der Waals surface area contributed by atoms with Gasteiger partial charge in [-0.3, -0.25) is 0 Å². The zero-order valence-corrected chi connectivity index (χ0v) is 30.0. The minimum Gasteiger partial charge on any atom is -0.491 e. The van der Waals surface area contributed by atoms with E-state index in [9.17, 15) is 0 Å². The van der Waals surface area contributed by atoms with Crippen molar-refractivity contribution in [2.75, 3.05) is 62.3 Å². The van der Waals surface area contributed by atoms with E-state index in [2.05, 4.69) is 75.0 Å². The first-order valence-electron chi connectivity index (χ1n) is 17.3. The Hall–Kier alpha value is -4.03. The maximum absolute atomic E-state index is 6.59. The van der Waals surface area contributed by atoms with Gasteiger partial charge in [0.1, 0.15) is 44.3 Å². The van der Waals surface area contributed by atoms with E-state index in [1.54, 1.807) is 23.1 Å². The van der Waals surface area contributed by atoms with Crippen molar-refractivity contribution >= 4 is 46.3 Å². The van der Waals surface area contributed by atoms with Crippen molar-refractivity contribution < 1.29 is 18.9 Å². The van der Waals surface area contributed by atoms with E-state index in [4.69, 9.17) is 47.1 Å². The number of anilines is 2. The highest BCUT2D eigenvalue weighted by molar-refractivity contribution is 6.35. The lowest BCUT2D eigenvalue weighted by Crippen LogP contribution is -2.46. The van der Waals surface area contributed by atoms with Gasteiger partial charge in [0, 0.05) is 54.2 Å². The number of hydrogen-bond donors (Lipinski definition) is 0. The highest BCUT2D eigenvalue weighted by Crippen LogP contribution is 2.40. The Labute approximate surface area is 303 Å². The molecule has 7 rings (SSSR count). The van der Waals surface area contributed by atoms with E-state index in [1.807, 2.05) is 18.2 Å². The topological polar surface area (TPSA) is 89.7 Å². The number of aliphatic imine (C=N–C) groups is 1. The van der Waals surface area contributed by atoms with Crippen LogP contribution in [0, 0.1) is 0 Å². The molecule has 3 aromatic carbocycles. The molecule has 4 heterocycles. The molecule has 0 spiro atoms. The molecule has 2 unspecified atom stereocenters. The minimum absolute atomic E-state index is 0.278. The van der Waals surface area contributed by atoms with Gasteiger partial charge in [-0.1, -0.05) is 43.1 Å². The first-order valence-corrected chi connectivity index (χ1v) is 18.1. The fourth-order valence-electron chi connectivity index (χ4n) is 6.87. The van der Waals surface area contributed by atoms with Gasteiger partial charge in [0.05, 0.1) is 23.9 Å². The van der Waals surface area contributed by atoms with Crippen LogP contribution in [0.5, 0.6) is 5.75 Å². The van der Waals surface area contributed by atoms with Gasteiger partial charge < -0.3 is 33.6 Å². The summed E-state index contributed by atoms with van der Waals surface area (Å²) >= 11 is 12.8. The molecule has 3 fully saturated rings. The van der Waals surface area contributed by atoms with Gasteiger partial charge in [-0.2, -0.15) is 10.1 Å². The van der Waals surface area contributed by atoms with Crippen LogP contribution in [0.2, 0.25) is 10.0 Å². The van der Waals surface area contributed by atoms with Crippen LogP contribution in [0.1, 0.15) is 32.3 Å². The third kappa shape index (κ3) is 7.66. The molecule has 1 aromatic heterocycles. The highest BCUT2D eigenvalue weighted by atomic mass is 35.5. The quantitative estimate of drug-likeness (QED) is 0.157. The van der Waals surface area contributed by atoms with E-state index in [0.717, 1.165) is 63.0 Å². The van der Waals surface area contributed by atoms with Crippen LogP contribution >= 0.6 is 23.2 Å². The average molecular weight is 721 g/mol. The molecule has 13 heteroatoms. The fourth-order valence-corrected chi connectivity index (χ4v) is 7.43. The highest BCUT2D eigenvalue weighted by Gasteiger charge is 2.45. The molecule has 0 N–H and O–H groups in total. The summed E-state index contributed by atoms with van der Waals surface area (Å²) in [6.07, 6.45) is 4.94. The molecule has 0 amide bonds. The zero-order valence-electron chi connectivity index (χ0n) is 28.5. The van der Waals surface area contributed by atoms with Crippen molar-refractivity contribution in [1.82, 2.24) is 19.7 Å². The van der Waals surface area contributed by atoms with Gasteiger partial charge in [-0.15, -0.1) is 0 Å². The number of hydrogen-bond acceptors (Lipinski definition) is 9. The van der Waals surface area contributed by atoms with Crippen LogP contribution in [0.25, 0.3) is 0 Å². The molecule has 0 radical (unpaired) electrons. The van der Waals surface area contributed by atoms with Gasteiger partial charge in [-0.25, -0.2) is 9.67 Å². The van der Waals surface area contributed by atoms with E-state index >= 15 is 0 Å². The van der Waals surface area contributed by atoms with Crippen molar-refractivity contribution in [2.45, 2.75) is 51.2 Å². The van der Waals surface area contributed by atoms with Gasteiger partial charge in [-0.05, 0) is 73.5 Å². The number of ether oxygens (including phenoxy) is 4. The Morgan fingerprint density at radius 1 is 0.920 bits per heavy atom. The second-order valence-electron chi connectivity index (χ2n) is 12.7. The van der Waals surface area contributed by atoms with Gasteiger partial charge in [0.25, 0.3) is 6.02 Å². The van der Waals surface area contributed by atoms with Crippen molar-refractivity contribution in [1.29, 1.82) is 0 Å². The summed E-state index contributed by atoms with van der Waals surface area (Å²) in [4.78, 5) is 16.0. The van der Waals surface area contributed by atoms with Gasteiger partial charge in [0.2, 0.25) is 5.79 Å². The summed E-state index contributed by atoms with van der Waals surface area (Å²) in [5, 5.41) is 5.23. The standard InChI is InChI=1S/C37H43Cl2N7O4/c1-3-29(4-2)46-19-20-47-36(46)42-28-6-8-30(9-7-28)43-15-17-44(18-16-43)31-10-12-32(13-11-31)48-22-33-23-49-37(50-33,24-45-26-40-25-41-45)34-14-5-27(38)21-35(34)39/h5-14,21,25-26,29,33H,3-4,15-20,22-24H2,1-2H3/b42-36-. The number of rotatable bonds is 12. The van der Waals surface area contributed by atoms with Crippen LogP contribution in [-0.4, -0.2) is 90.4 Å². The molecule has 3 saturated heterocycles. The second-order valence-corrected chi connectivity index (χ2v) is 13.6. The molecule has 50 heavy (non-hydrogen) atoms. The summed E-state index contributed by atoms with van der Waals surface area (Å²) in [5.41, 5.74) is 3.98. The lowest BCUT2D eigenvalue weighted by atomic mass is 10.1. The largest absolute Gasteiger partial charge is 0.491 e. The molecule has 0 aliphatic carbocycles. The van der Waals surface area contributed by atoms with Crippen molar-refractivity contribution in [3.8, 4) is 5.75 Å². The molecular weight excluding hydrogens is 677 g/mol. The Balaban J connectivity index is 0.910. The van der Waals surface area contributed by atoms with Crippen LogP contribution < -0.4 is 14.5 Å². The predicted octanol–water partition coefficient (Wildman–Crippen LogP) is 6.77. The number of piperazine rings is 1. The minimum atomic E-state index is -1.15. The van der Waals surface area contributed by atoms with Gasteiger partial charge >= 0.3 is 0 Å². The monoisotopic (exact) mass is 719 g/mol. The normalized spacial score (nSPS) is 21.7. The number of benzene rings is 3. The Morgan fingerprint density at radius 2 is 1.62 bits per heavy atom. The number of nitrogens with zero attached hydrogens (tertiary/aromatic N) is 7. The molecule has 3 aliphatic heterocycles. The molecular formula is C37H43Cl2N7O4. The van der Waals surface area contributed by atoms with E-state index in [0.29, 0.717) is 41.5 Å². The predicted molar refractivity (Wildman–Crippen MR) is 196 cm³/mol. The molecule has 0 saturated carbocycles. The number of halogens is 2. The van der Waals surface area contributed by atoms with Crippen LogP contribution in [0.3, 0.4) is 0 Å². The number of aromatic nitrogens is 3. The van der Waals surface area contributed by atoms with Crippen LogP contribution in [-0.2, 0) is 26.5 Å². The summed E-state index contributed by atoms with van der Waals surface area (Å²) in [5.74, 6) is -0.380. The van der Waals surface area contributed by atoms with Crippen molar-refractivity contribution in [3.63, 3.8) is 0 Å². The Kier molecular flexibility index (Phi) is 10.6. The van der Waals surface area contributed by atoms with E-state index in [-0.39, 0.29) is 12.6 Å². The molecule has 4 aromatic rings. The number of amidine groups is 1. The van der Waals surface area contributed by atoms with Crippen LogP contribution in [0.15, 0.2) is 84.4 Å². The van der Waals surface area contributed by atoms with Crippen LogP contribution in [0.4, 0.5) is 17.1 Å². The Bertz CT molecular complexity index is 1730. The van der Waals surface area contributed by atoms with E-state index in [1.165, 1.54) is 17.7 Å². The lowest BCUT2D eigenvalue weighted by molar-refractivity contribution is -0.190. The Morgan fingerprint density at radius 3 is 2.26 bits per heavy atom. The second kappa shape index (κ2) is 15.5. The molecule has 11 nitrogen and oxygen atoms in total. The smallest absolute Gasteiger partial charge is 0.293 e. The maximum Gasteiger partial charge on any atom is 0.293 e. The first-order chi connectivity index (χ1) is 24.4. The van der Waals surface area contributed by atoms with Gasteiger partial charge in [0.15, 0.2) is 0 Å². The summed E-state index contributed by atoms with van der Waals surface area (Å²) in [6.45, 7) is 10.7. The molecule has 3 aliphatic rings. The lowest BCUT2D eigenvalue weighted by Gasteiger charge is -2.37. The third-order valence-corrected chi connectivity index (χ3v) is 10.1. The zero-order chi connectivity index (χ0) is 34.5. The molecule has 0 bridgehead atoms. The average Bonchev–Trinajstić information content (AvgIpc) is 3.92. The first kappa shape index (κ1) is 34.4. The summed E-state index contributed by atoms with van der Waals surface area (Å²) in [7, 11) is 0. The SMILES string of the molecule is CCC(CC)N1CCO/C1=N\c1ccc(N2CCN(c3ccc(OCC4COC(Cn5cncn5)(c5ccc(Cl)cc5Cl)O4)cc3)CC2)cc1. The molecule has 264 valence electrons. The van der Waals surface area contributed by atoms with Crippen molar-refractivity contribution in [3.05, 3.63) is 95.0 Å². The summed E-state index contributed by atoms with van der Waals surface area (Å²) < 4.78 is 26.4. The van der Waals surface area contributed by atoms with E-state index < -0.39 is 5.79 Å². The summed E-state index contributed by atoms with van der Waals surface area (Å²) in [6, 6.07) is 23.3. The molecule has 2 atom stereocenters.